The van der Waals surface area contributed by atoms with Crippen molar-refractivity contribution in [3.63, 3.8) is 0 Å². The van der Waals surface area contributed by atoms with E-state index >= 15 is 0 Å². The van der Waals surface area contributed by atoms with Crippen LogP contribution in [0.2, 0.25) is 10.4 Å². The molecule has 1 N–H and O–H groups in total. The number of aromatic nitrogens is 2. The first kappa shape index (κ1) is 11.9. The fraction of sp³-hybridized carbons (Fsp3) is 0.222. The lowest BCUT2D eigenvalue weighted by Gasteiger charge is -1.97. The van der Waals surface area contributed by atoms with Crippen LogP contribution in [0.3, 0.4) is 0 Å². The smallest absolute Gasteiger partial charge is 0.223 e. The highest BCUT2D eigenvalue weighted by Gasteiger charge is 1.99. The molecule has 0 aliphatic rings. The summed E-state index contributed by atoms with van der Waals surface area (Å²) in [5.41, 5.74) is 0.659. The molecule has 0 fully saturated rings. The van der Waals surface area contributed by atoms with Gasteiger partial charge in [0.25, 0.3) is 0 Å². The lowest BCUT2D eigenvalue weighted by molar-refractivity contribution is -0.118. The molecule has 0 atom stereocenters. The van der Waals surface area contributed by atoms with Gasteiger partial charge in [0.15, 0.2) is 0 Å². The van der Waals surface area contributed by atoms with Crippen molar-refractivity contribution in [1.82, 2.24) is 15.3 Å². The van der Waals surface area contributed by atoms with Crippen molar-refractivity contribution in [2.75, 3.05) is 6.54 Å². The molecule has 0 radical (unpaired) electrons. The molecule has 1 heterocycles. The summed E-state index contributed by atoms with van der Waals surface area (Å²) in [5.74, 6) is -0.0851. The van der Waals surface area contributed by atoms with E-state index in [1.165, 1.54) is 13.1 Å². The Morgan fingerprint density at radius 2 is 2.33 bits per heavy atom. The predicted molar refractivity (Wildman–Crippen MR) is 59.8 cm³/mol. The first-order chi connectivity index (χ1) is 7.09. The number of carbonyl (C=O) groups is 1. The molecule has 0 aromatic carbocycles. The summed E-state index contributed by atoms with van der Waals surface area (Å²) in [6.45, 7) is 1.89. The molecule has 0 aliphatic heterocycles. The second-order valence-corrected chi connectivity index (χ2v) is 3.42. The number of nitrogens with one attached hydrogen (secondary N) is 1. The topological polar surface area (TPSA) is 54.9 Å². The first-order valence-electron chi connectivity index (χ1n) is 4.18. The molecule has 15 heavy (non-hydrogen) atoms. The zero-order chi connectivity index (χ0) is 11.3. The van der Waals surface area contributed by atoms with Crippen molar-refractivity contribution in [1.29, 1.82) is 0 Å². The molecule has 1 rings (SSSR count). The number of amides is 1. The van der Waals surface area contributed by atoms with Gasteiger partial charge in [-0.2, -0.15) is 0 Å². The molecule has 1 aromatic heterocycles. The SMILES string of the molecule is CC(=O)NCC=Cc1cnc(Cl)nc1Cl. The van der Waals surface area contributed by atoms with E-state index < -0.39 is 0 Å². The van der Waals surface area contributed by atoms with Gasteiger partial charge in [-0.15, -0.1) is 0 Å². The standard InChI is InChI=1S/C9H9Cl2N3O/c1-6(15)12-4-2-3-7-5-13-9(11)14-8(7)10/h2-3,5H,4H2,1H3,(H,12,15). The highest BCUT2D eigenvalue weighted by atomic mass is 35.5. The van der Waals surface area contributed by atoms with E-state index in [4.69, 9.17) is 23.2 Å². The van der Waals surface area contributed by atoms with Crippen molar-refractivity contribution in [3.05, 3.63) is 28.3 Å². The molecule has 0 spiro atoms. The summed E-state index contributed by atoms with van der Waals surface area (Å²) in [4.78, 5) is 18.1. The molecule has 0 unspecified atom stereocenters. The molecule has 1 amide bonds. The number of nitrogens with zero attached hydrogens (tertiary/aromatic N) is 2. The minimum Gasteiger partial charge on any atom is -0.353 e. The zero-order valence-corrected chi connectivity index (χ0v) is 9.51. The van der Waals surface area contributed by atoms with Gasteiger partial charge in [-0.05, 0) is 11.6 Å². The van der Waals surface area contributed by atoms with Crippen LogP contribution in [0.25, 0.3) is 6.08 Å². The van der Waals surface area contributed by atoms with Crippen molar-refractivity contribution in [2.24, 2.45) is 0 Å². The van der Waals surface area contributed by atoms with Crippen LogP contribution < -0.4 is 5.32 Å². The summed E-state index contributed by atoms with van der Waals surface area (Å²) in [6, 6.07) is 0. The van der Waals surface area contributed by atoms with E-state index in [1.807, 2.05) is 0 Å². The lowest BCUT2D eigenvalue weighted by Crippen LogP contribution is -2.19. The van der Waals surface area contributed by atoms with E-state index in [9.17, 15) is 4.79 Å². The highest BCUT2D eigenvalue weighted by molar-refractivity contribution is 6.32. The second kappa shape index (κ2) is 5.68. The maximum atomic E-state index is 10.6. The third kappa shape index (κ3) is 4.27. The predicted octanol–water partition coefficient (Wildman–Crippen LogP) is 1.93. The van der Waals surface area contributed by atoms with E-state index in [0.717, 1.165) is 0 Å². The van der Waals surface area contributed by atoms with Crippen LogP contribution in [0.4, 0.5) is 0 Å². The highest BCUT2D eigenvalue weighted by Crippen LogP contribution is 2.15. The van der Waals surface area contributed by atoms with Gasteiger partial charge >= 0.3 is 0 Å². The number of hydrogen-bond donors (Lipinski definition) is 1. The Morgan fingerprint density at radius 1 is 1.60 bits per heavy atom. The van der Waals surface area contributed by atoms with Gasteiger partial charge in [0.05, 0.1) is 0 Å². The summed E-state index contributed by atoms with van der Waals surface area (Å²) in [5, 5.41) is 3.01. The normalized spacial score (nSPS) is 10.6. The van der Waals surface area contributed by atoms with Crippen molar-refractivity contribution in [3.8, 4) is 0 Å². The van der Waals surface area contributed by atoms with Gasteiger partial charge in [0.2, 0.25) is 11.2 Å². The molecule has 4 nitrogen and oxygen atoms in total. The van der Waals surface area contributed by atoms with Crippen molar-refractivity contribution >= 4 is 35.2 Å². The van der Waals surface area contributed by atoms with E-state index in [-0.39, 0.29) is 16.3 Å². The number of carbonyl (C=O) groups excluding carboxylic acids is 1. The Bertz CT molecular complexity index is 393. The number of rotatable bonds is 3. The quantitative estimate of drug-likeness (QED) is 0.654. The van der Waals surface area contributed by atoms with Gasteiger partial charge in [-0.25, -0.2) is 9.97 Å². The number of halogens is 2. The average Bonchev–Trinajstić information content (AvgIpc) is 2.14. The average molecular weight is 246 g/mol. The third-order valence-corrected chi connectivity index (χ3v) is 1.99. The van der Waals surface area contributed by atoms with Gasteiger partial charge in [0, 0.05) is 25.2 Å². The van der Waals surface area contributed by atoms with Crippen molar-refractivity contribution in [2.45, 2.75) is 6.92 Å². The maximum Gasteiger partial charge on any atom is 0.223 e. The maximum absolute atomic E-state index is 10.6. The van der Waals surface area contributed by atoms with Crippen molar-refractivity contribution < 1.29 is 4.79 Å². The Kier molecular flexibility index (Phi) is 4.52. The largest absolute Gasteiger partial charge is 0.353 e. The van der Waals surface area contributed by atoms with Gasteiger partial charge in [-0.1, -0.05) is 23.8 Å². The van der Waals surface area contributed by atoms with Crippen LogP contribution >= 0.6 is 23.2 Å². The summed E-state index contributed by atoms with van der Waals surface area (Å²) >= 11 is 11.3. The van der Waals surface area contributed by atoms with Crippen LogP contribution in [0.5, 0.6) is 0 Å². The fourth-order valence-electron chi connectivity index (χ4n) is 0.851. The first-order valence-corrected chi connectivity index (χ1v) is 4.94. The van der Waals surface area contributed by atoms with E-state index in [1.54, 1.807) is 12.2 Å². The molecule has 0 aliphatic carbocycles. The minimum atomic E-state index is -0.0851. The second-order valence-electron chi connectivity index (χ2n) is 2.72. The zero-order valence-electron chi connectivity index (χ0n) is 8.00. The molecule has 80 valence electrons. The lowest BCUT2D eigenvalue weighted by atomic mass is 10.3. The van der Waals surface area contributed by atoms with Crippen LogP contribution in [0, 0.1) is 0 Å². The minimum absolute atomic E-state index is 0.0851. The van der Waals surface area contributed by atoms with Crippen LogP contribution in [0.15, 0.2) is 12.3 Å². The molecule has 0 saturated carbocycles. The van der Waals surface area contributed by atoms with Gasteiger partial charge in [-0.3, -0.25) is 4.79 Å². The van der Waals surface area contributed by atoms with E-state index in [0.29, 0.717) is 12.1 Å². The molecule has 6 heteroatoms. The Hall–Kier alpha value is -1.13. The molecular formula is C9H9Cl2N3O. The third-order valence-electron chi connectivity index (χ3n) is 1.51. The molecular weight excluding hydrogens is 237 g/mol. The molecule has 0 bridgehead atoms. The van der Waals surface area contributed by atoms with E-state index in [2.05, 4.69) is 15.3 Å². The summed E-state index contributed by atoms with van der Waals surface area (Å²) in [7, 11) is 0. The van der Waals surface area contributed by atoms with Gasteiger partial charge < -0.3 is 5.32 Å². The molecule has 1 aromatic rings. The molecule has 0 saturated heterocycles. The van der Waals surface area contributed by atoms with Crippen LogP contribution in [0.1, 0.15) is 12.5 Å². The summed E-state index contributed by atoms with van der Waals surface area (Å²) < 4.78 is 0. The monoisotopic (exact) mass is 245 g/mol. The number of hydrogen-bond acceptors (Lipinski definition) is 3. The van der Waals surface area contributed by atoms with Gasteiger partial charge in [0.1, 0.15) is 5.15 Å². The Morgan fingerprint density at radius 3 is 2.93 bits per heavy atom. The van der Waals surface area contributed by atoms with Crippen LogP contribution in [-0.2, 0) is 4.79 Å². The fourth-order valence-corrected chi connectivity index (χ4v) is 1.22. The Labute approximate surface area is 97.3 Å². The van der Waals surface area contributed by atoms with Crippen LogP contribution in [-0.4, -0.2) is 22.4 Å². The summed E-state index contributed by atoms with van der Waals surface area (Å²) in [6.07, 6.45) is 4.98. The Balaban J connectivity index is 2.60.